The highest BCUT2D eigenvalue weighted by Gasteiger charge is 2.53. The highest BCUT2D eigenvalue weighted by Crippen LogP contribution is 2.65. The molecule has 2 spiro atoms. The second-order valence-electron chi connectivity index (χ2n) is 17.8. The number of fused-ring (bicyclic) bond motifs is 23. The van der Waals surface area contributed by atoms with E-state index >= 15 is 0 Å². The molecule has 0 bridgehead atoms. The number of para-hydroxylation sites is 1. The smallest absolute Gasteiger partial charge is 0.135 e. The van der Waals surface area contributed by atoms with Crippen molar-refractivity contribution in [3.05, 3.63) is 269 Å². The van der Waals surface area contributed by atoms with Gasteiger partial charge in [0.1, 0.15) is 11.2 Å². The molecule has 1 heterocycles. The van der Waals surface area contributed by atoms with E-state index in [1.54, 1.807) is 0 Å². The monoisotopic (exact) mass is 811 g/mol. The van der Waals surface area contributed by atoms with Gasteiger partial charge in [0, 0.05) is 27.8 Å². The summed E-state index contributed by atoms with van der Waals surface area (Å²) in [5.74, 6) is 0. The highest BCUT2D eigenvalue weighted by molar-refractivity contribution is 6.07. The van der Waals surface area contributed by atoms with E-state index in [2.05, 4.69) is 223 Å². The first-order chi connectivity index (χ1) is 31.7. The van der Waals surface area contributed by atoms with E-state index in [9.17, 15) is 0 Å². The third kappa shape index (κ3) is 4.08. The minimum atomic E-state index is -0.460. The Kier molecular flexibility index (Phi) is 6.58. The molecule has 1 aromatic heterocycles. The van der Waals surface area contributed by atoms with Gasteiger partial charge in [0.15, 0.2) is 0 Å². The minimum Gasteiger partial charge on any atom is -0.456 e. The summed E-state index contributed by atoms with van der Waals surface area (Å²) in [4.78, 5) is 2.48. The van der Waals surface area contributed by atoms with Gasteiger partial charge >= 0.3 is 0 Å². The Balaban J connectivity index is 1.01. The molecular formula is C62H37NO. The summed E-state index contributed by atoms with van der Waals surface area (Å²) in [6.45, 7) is 0. The molecule has 64 heavy (non-hydrogen) atoms. The van der Waals surface area contributed by atoms with E-state index < -0.39 is 10.8 Å². The zero-order valence-corrected chi connectivity index (χ0v) is 34.7. The quantitative estimate of drug-likeness (QED) is 0.177. The van der Waals surface area contributed by atoms with Crippen LogP contribution in [0.1, 0.15) is 44.5 Å². The topological polar surface area (TPSA) is 16.4 Å². The van der Waals surface area contributed by atoms with E-state index in [4.69, 9.17) is 4.42 Å². The predicted octanol–water partition coefficient (Wildman–Crippen LogP) is 15.7. The number of nitrogens with zero attached hydrogens (tertiary/aromatic N) is 1. The van der Waals surface area contributed by atoms with Crippen LogP contribution in [0, 0.1) is 0 Å². The first kappa shape index (κ1) is 34.4. The van der Waals surface area contributed by atoms with Crippen molar-refractivity contribution < 1.29 is 4.42 Å². The van der Waals surface area contributed by atoms with Crippen LogP contribution in [0.3, 0.4) is 0 Å². The molecule has 0 N–H and O–H groups in total. The van der Waals surface area contributed by atoms with Crippen molar-refractivity contribution in [2.24, 2.45) is 0 Å². The Bertz CT molecular complexity index is 3720. The van der Waals surface area contributed by atoms with Crippen molar-refractivity contribution in [2.45, 2.75) is 10.8 Å². The zero-order chi connectivity index (χ0) is 41.7. The van der Waals surface area contributed by atoms with Gasteiger partial charge in [0.25, 0.3) is 0 Å². The molecule has 0 saturated heterocycles. The van der Waals surface area contributed by atoms with Crippen LogP contribution in [0.15, 0.2) is 229 Å². The molecule has 11 aromatic rings. The first-order valence-corrected chi connectivity index (χ1v) is 22.3. The summed E-state index contributed by atoms with van der Waals surface area (Å²) in [5, 5.41) is 2.22. The van der Waals surface area contributed by atoms with Crippen LogP contribution >= 0.6 is 0 Å². The molecule has 0 atom stereocenters. The van der Waals surface area contributed by atoms with Gasteiger partial charge in [-0.15, -0.1) is 0 Å². The van der Waals surface area contributed by atoms with Crippen molar-refractivity contribution in [3.8, 4) is 44.5 Å². The Morgan fingerprint density at radius 1 is 0.250 bits per heavy atom. The fourth-order valence-electron chi connectivity index (χ4n) is 12.7. The SMILES string of the molecule is c1ccc2c(c1)-c1ccccc1C21c2ccccc2-c2cc(N(c3ccc4c(c3)C3(c5ccccc5-c5ccccc53)c3ccccc3-4)c3ccc4oc5ccccc5c4c3)ccc21. The fraction of sp³-hybridized carbons (Fsp3) is 0.0323. The molecule has 0 unspecified atom stereocenters. The van der Waals surface area contributed by atoms with Crippen molar-refractivity contribution in [3.63, 3.8) is 0 Å². The number of hydrogen-bond acceptors (Lipinski definition) is 2. The standard InChI is InChI=1S/C62H37NO/c1-8-22-51-41(15-1)42-16-2-9-23-52(42)61(51)56-27-13-6-20-46(56)49-35-38(30-33-57(49)61)63(39-31-34-60-50(36-39)48-21-7-14-28-59(48)64-60)40-29-32-47-45-19-5-12-26-55(45)62(58(47)37-40)53-24-10-3-17-43(53)44-18-4-11-25-54(44)62/h1-37H. The van der Waals surface area contributed by atoms with Crippen LogP contribution in [0.2, 0.25) is 0 Å². The molecule has 10 aromatic carbocycles. The van der Waals surface area contributed by atoms with Crippen molar-refractivity contribution in [1.29, 1.82) is 0 Å². The van der Waals surface area contributed by atoms with Gasteiger partial charge in [-0.25, -0.2) is 0 Å². The Hall–Kier alpha value is -8.20. The molecule has 4 aliphatic rings. The maximum atomic E-state index is 6.42. The molecule has 2 heteroatoms. The van der Waals surface area contributed by atoms with Gasteiger partial charge in [-0.1, -0.05) is 176 Å². The lowest BCUT2D eigenvalue weighted by Gasteiger charge is -2.33. The summed E-state index contributed by atoms with van der Waals surface area (Å²) < 4.78 is 6.42. The molecule has 296 valence electrons. The Morgan fingerprint density at radius 3 is 1.16 bits per heavy atom. The third-order valence-electron chi connectivity index (χ3n) is 15.1. The minimum absolute atomic E-state index is 0.411. The molecule has 15 rings (SSSR count). The lowest BCUT2D eigenvalue weighted by Crippen LogP contribution is -2.26. The van der Waals surface area contributed by atoms with Crippen LogP contribution < -0.4 is 4.90 Å². The van der Waals surface area contributed by atoms with Gasteiger partial charge in [-0.3, -0.25) is 0 Å². The number of furan rings is 1. The summed E-state index contributed by atoms with van der Waals surface area (Å²) >= 11 is 0. The highest BCUT2D eigenvalue weighted by atomic mass is 16.3. The zero-order valence-electron chi connectivity index (χ0n) is 34.7. The maximum Gasteiger partial charge on any atom is 0.135 e. The second-order valence-corrected chi connectivity index (χ2v) is 17.8. The van der Waals surface area contributed by atoms with Gasteiger partial charge in [0.2, 0.25) is 0 Å². The van der Waals surface area contributed by atoms with E-state index in [1.807, 2.05) is 6.07 Å². The molecule has 2 nitrogen and oxygen atoms in total. The second kappa shape index (κ2) is 12.2. The summed E-state index contributed by atoms with van der Waals surface area (Å²) in [6, 6.07) is 83.9. The maximum absolute atomic E-state index is 6.42. The number of rotatable bonds is 3. The fourth-order valence-corrected chi connectivity index (χ4v) is 12.7. The van der Waals surface area contributed by atoms with Crippen LogP contribution in [0.25, 0.3) is 66.4 Å². The summed E-state index contributed by atoms with van der Waals surface area (Å²) in [5.41, 5.74) is 25.3. The largest absolute Gasteiger partial charge is 0.456 e. The lowest BCUT2D eigenvalue weighted by atomic mass is 9.70. The van der Waals surface area contributed by atoms with Crippen LogP contribution in [-0.4, -0.2) is 0 Å². The number of benzene rings is 10. The van der Waals surface area contributed by atoms with Gasteiger partial charge < -0.3 is 9.32 Å². The number of anilines is 3. The van der Waals surface area contributed by atoms with E-state index in [0.29, 0.717) is 0 Å². The normalized spacial score (nSPS) is 14.5. The van der Waals surface area contributed by atoms with Crippen LogP contribution in [-0.2, 0) is 10.8 Å². The molecule has 0 radical (unpaired) electrons. The molecule has 0 fully saturated rings. The Morgan fingerprint density at radius 2 is 0.609 bits per heavy atom. The number of hydrogen-bond donors (Lipinski definition) is 0. The van der Waals surface area contributed by atoms with Crippen LogP contribution in [0.4, 0.5) is 17.1 Å². The van der Waals surface area contributed by atoms with Crippen molar-refractivity contribution in [1.82, 2.24) is 0 Å². The van der Waals surface area contributed by atoms with Gasteiger partial charge in [-0.2, -0.15) is 0 Å². The first-order valence-electron chi connectivity index (χ1n) is 22.3. The average molecular weight is 812 g/mol. The lowest BCUT2D eigenvalue weighted by molar-refractivity contribution is 0.669. The molecular weight excluding hydrogens is 775 g/mol. The van der Waals surface area contributed by atoms with Gasteiger partial charge in [0.05, 0.1) is 10.8 Å². The molecule has 0 aliphatic heterocycles. The van der Waals surface area contributed by atoms with E-state index in [-0.39, 0.29) is 0 Å². The van der Waals surface area contributed by atoms with E-state index in [0.717, 1.165) is 39.0 Å². The van der Waals surface area contributed by atoms with Crippen molar-refractivity contribution in [2.75, 3.05) is 4.90 Å². The van der Waals surface area contributed by atoms with E-state index in [1.165, 1.54) is 89.0 Å². The molecule has 4 aliphatic carbocycles. The summed E-state index contributed by atoms with van der Waals surface area (Å²) in [6.07, 6.45) is 0. The average Bonchev–Trinajstić information content (AvgIpc) is 4.13. The van der Waals surface area contributed by atoms with Crippen LogP contribution in [0.5, 0.6) is 0 Å². The van der Waals surface area contributed by atoms with Gasteiger partial charge in [-0.05, 0) is 138 Å². The van der Waals surface area contributed by atoms with Crippen molar-refractivity contribution >= 4 is 39.0 Å². The summed E-state index contributed by atoms with van der Waals surface area (Å²) in [7, 11) is 0. The molecule has 0 amide bonds. The third-order valence-corrected chi connectivity index (χ3v) is 15.1. The Labute approximate surface area is 371 Å². The molecule has 0 saturated carbocycles. The predicted molar refractivity (Wildman–Crippen MR) is 261 cm³/mol.